The van der Waals surface area contributed by atoms with Crippen molar-refractivity contribution >= 4 is 22.6 Å². The molecule has 0 bridgehead atoms. The molecule has 1 fully saturated rings. The topological polar surface area (TPSA) is 46.6 Å². The summed E-state index contributed by atoms with van der Waals surface area (Å²) in [6, 6.07) is 13.7. The lowest BCUT2D eigenvalue weighted by Gasteiger charge is -2.23. The highest BCUT2D eigenvalue weighted by atomic mass is 16.6. The summed E-state index contributed by atoms with van der Waals surface area (Å²) in [5, 5.41) is 2.02. The van der Waals surface area contributed by atoms with Gasteiger partial charge in [-0.1, -0.05) is 56.3 Å². The van der Waals surface area contributed by atoms with Crippen molar-refractivity contribution < 1.29 is 14.3 Å². The first-order valence-electron chi connectivity index (χ1n) is 8.02. The van der Waals surface area contributed by atoms with Crippen molar-refractivity contribution in [1.29, 1.82) is 0 Å². The van der Waals surface area contributed by atoms with Crippen LogP contribution in [-0.4, -0.2) is 36.0 Å². The molecule has 0 aliphatic carbocycles. The minimum atomic E-state index is -0.311. The number of ketones is 1. The van der Waals surface area contributed by atoms with Gasteiger partial charge in [0.1, 0.15) is 6.61 Å². The van der Waals surface area contributed by atoms with Gasteiger partial charge in [-0.05, 0) is 16.7 Å². The summed E-state index contributed by atoms with van der Waals surface area (Å²) in [4.78, 5) is 26.2. The smallest absolute Gasteiger partial charge is 0.410 e. The van der Waals surface area contributed by atoms with Crippen LogP contribution >= 0.6 is 0 Å². The van der Waals surface area contributed by atoms with Crippen molar-refractivity contribution in [2.75, 3.05) is 13.2 Å². The van der Waals surface area contributed by atoms with Crippen molar-refractivity contribution in [3.05, 3.63) is 48.0 Å². The Morgan fingerprint density at radius 1 is 1.22 bits per heavy atom. The number of rotatable bonds is 5. The zero-order chi connectivity index (χ0) is 16.4. The molecule has 4 nitrogen and oxygen atoms in total. The van der Waals surface area contributed by atoms with Crippen molar-refractivity contribution in [3.63, 3.8) is 0 Å². The highest BCUT2D eigenvalue weighted by Crippen LogP contribution is 2.22. The van der Waals surface area contributed by atoms with Crippen molar-refractivity contribution in [2.24, 2.45) is 5.92 Å². The number of cyclic esters (lactones) is 1. The van der Waals surface area contributed by atoms with Gasteiger partial charge >= 0.3 is 6.09 Å². The average Bonchev–Trinajstić information content (AvgIpc) is 2.93. The van der Waals surface area contributed by atoms with Gasteiger partial charge in [-0.15, -0.1) is 0 Å². The number of hydrogen-bond acceptors (Lipinski definition) is 3. The Bertz CT molecular complexity index is 733. The monoisotopic (exact) mass is 311 g/mol. The first-order chi connectivity index (χ1) is 11.1. The number of carbonyl (C=O) groups excluding carboxylic acids is 2. The fourth-order valence-electron chi connectivity index (χ4n) is 3.10. The third-order valence-electron chi connectivity index (χ3n) is 4.45. The largest absolute Gasteiger partial charge is 0.447 e. The molecular formula is C19H21NO3. The Hall–Kier alpha value is -2.36. The lowest BCUT2D eigenvalue weighted by molar-refractivity contribution is 0.0964. The van der Waals surface area contributed by atoms with E-state index in [0.29, 0.717) is 25.5 Å². The molecule has 23 heavy (non-hydrogen) atoms. The van der Waals surface area contributed by atoms with Crippen molar-refractivity contribution in [3.8, 4) is 0 Å². The summed E-state index contributed by atoms with van der Waals surface area (Å²) in [6.45, 7) is 4.95. The first-order valence-corrected chi connectivity index (χ1v) is 8.02. The van der Waals surface area contributed by atoms with E-state index in [0.717, 1.165) is 16.3 Å². The van der Waals surface area contributed by atoms with Crippen molar-refractivity contribution in [2.45, 2.75) is 26.3 Å². The fraction of sp³-hybridized carbons (Fsp3) is 0.368. The van der Waals surface area contributed by atoms with E-state index in [1.807, 2.05) is 42.5 Å². The van der Waals surface area contributed by atoms with Gasteiger partial charge in [0.15, 0.2) is 5.78 Å². The summed E-state index contributed by atoms with van der Waals surface area (Å²) < 4.78 is 5.12. The van der Waals surface area contributed by atoms with E-state index in [2.05, 4.69) is 13.8 Å². The minimum Gasteiger partial charge on any atom is -0.447 e. The molecule has 120 valence electrons. The standard InChI is InChI=1S/C19H21NO3/c1-13(2)17-12-23-19(22)20(17)11-10-18(21)16-9-5-7-14-6-3-4-8-15(14)16/h3-9,13,17H,10-12H2,1-2H3/t17-/m1/s1. The highest BCUT2D eigenvalue weighted by Gasteiger charge is 2.34. The maximum absolute atomic E-state index is 12.6. The molecule has 1 atom stereocenters. The van der Waals surface area contributed by atoms with Crippen LogP contribution in [0.3, 0.4) is 0 Å². The molecule has 1 heterocycles. The van der Waals surface area contributed by atoms with Gasteiger partial charge in [-0.25, -0.2) is 4.79 Å². The molecule has 0 radical (unpaired) electrons. The van der Waals surface area contributed by atoms with E-state index in [4.69, 9.17) is 4.74 Å². The van der Waals surface area contributed by atoms with Crippen LogP contribution in [0.1, 0.15) is 30.6 Å². The number of hydrogen-bond donors (Lipinski definition) is 0. The number of amides is 1. The fourth-order valence-corrected chi connectivity index (χ4v) is 3.10. The van der Waals surface area contributed by atoms with Crippen LogP contribution in [0.5, 0.6) is 0 Å². The first kappa shape index (κ1) is 15.5. The summed E-state index contributed by atoms with van der Waals surface area (Å²) in [6.07, 6.45) is 0.00111. The Labute approximate surface area is 136 Å². The molecule has 1 aliphatic heterocycles. The third kappa shape index (κ3) is 3.07. The van der Waals surface area contributed by atoms with E-state index >= 15 is 0 Å². The van der Waals surface area contributed by atoms with Gasteiger partial charge < -0.3 is 9.64 Å². The Kier molecular flexibility index (Phi) is 4.33. The van der Waals surface area contributed by atoms with Crippen LogP contribution in [0.4, 0.5) is 4.79 Å². The van der Waals surface area contributed by atoms with Gasteiger partial charge in [-0.3, -0.25) is 4.79 Å². The van der Waals surface area contributed by atoms with E-state index in [1.54, 1.807) is 4.90 Å². The van der Waals surface area contributed by atoms with Crippen LogP contribution < -0.4 is 0 Å². The molecule has 0 N–H and O–H groups in total. The second-order valence-corrected chi connectivity index (χ2v) is 6.28. The lowest BCUT2D eigenvalue weighted by atomic mass is 9.99. The number of nitrogens with zero attached hydrogens (tertiary/aromatic N) is 1. The van der Waals surface area contributed by atoms with E-state index < -0.39 is 0 Å². The SMILES string of the molecule is CC(C)[C@H]1COC(=O)N1CCC(=O)c1cccc2ccccc12. The van der Waals surface area contributed by atoms with E-state index in [1.165, 1.54) is 0 Å². The number of fused-ring (bicyclic) bond motifs is 1. The van der Waals surface area contributed by atoms with Gasteiger partial charge in [0.05, 0.1) is 6.04 Å². The number of ether oxygens (including phenoxy) is 1. The van der Waals surface area contributed by atoms with E-state index in [-0.39, 0.29) is 17.9 Å². The van der Waals surface area contributed by atoms with Crippen LogP contribution in [0.2, 0.25) is 0 Å². The molecule has 2 aromatic rings. The third-order valence-corrected chi connectivity index (χ3v) is 4.45. The van der Waals surface area contributed by atoms with Crippen LogP contribution in [0.25, 0.3) is 10.8 Å². The van der Waals surface area contributed by atoms with Crippen LogP contribution in [0.15, 0.2) is 42.5 Å². The normalized spacial score (nSPS) is 17.8. The zero-order valence-corrected chi connectivity index (χ0v) is 13.5. The summed E-state index contributed by atoms with van der Waals surface area (Å²) in [5.74, 6) is 0.373. The average molecular weight is 311 g/mol. The predicted molar refractivity (Wildman–Crippen MR) is 89.6 cm³/mol. The Morgan fingerprint density at radius 2 is 1.96 bits per heavy atom. The molecule has 0 unspecified atom stereocenters. The Morgan fingerprint density at radius 3 is 2.74 bits per heavy atom. The molecule has 0 aromatic heterocycles. The maximum atomic E-state index is 12.6. The number of benzene rings is 2. The molecule has 2 aromatic carbocycles. The highest BCUT2D eigenvalue weighted by molar-refractivity contribution is 6.08. The second kappa shape index (κ2) is 6.41. The molecule has 0 saturated carbocycles. The van der Waals surface area contributed by atoms with Crippen LogP contribution in [0, 0.1) is 5.92 Å². The molecule has 4 heteroatoms. The van der Waals surface area contributed by atoms with Gasteiger partial charge in [-0.2, -0.15) is 0 Å². The number of carbonyl (C=O) groups is 2. The molecule has 3 rings (SSSR count). The quantitative estimate of drug-likeness (QED) is 0.787. The van der Waals surface area contributed by atoms with Crippen LogP contribution in [-0.2, 0) is 4.74 Å². The van der Waals surface area contributed by atoms with E-state index in [9.17, 15) is 9.59 Å². The molecule has 1 amide bonds. The van der Waals surface area contributed by atoms with Gasteiger partial charge in [0.25, 0.3) is 0 Å². The number of Topliss-reactive ketones (excluding diaryl/α,β-unsaturated/α-hetero) is 1. The molecular weight excluding hydrogens is 290 g/mol. The Balaban J connectivity index is 1.75. The minimum absolute atomic E-state index is 0.0582. The van der Waals surface area contributed by atoms with Crippen molar-refractivity contribution in [1.82, 2.24) is 4.90 Å². The second-order valence-electron chi connectivity index (χ2n) is 6.28. The summed E-state index contributed by atoms with van der Waals surface area (Å²) in [5.41, 5.74) is 0.719. The van der Waals surface area contributed by atoms with Gasteiger partial charge in [0, 0.05) is 18.5 Å². The lowest BCUT2D eigenvalue weighted by Crippen LogP contribution is -2.38. The summed E-state index contributed by atoms with van der Waals surface area (Å²) in [7, 11) is 0. The molecule has 1 aliphatic rings. The molecule has 1 saturated heterocycles. The maximum Gasteiger partial charge on any atom is 0.410 e. The zero-order valence-electron chi connectivity index (χ0n) is 13.5. The summed E-state index contributed by atoms with van der Waals surface area (Å²) >= 11 is 0. The van der Waals surface area contributed by atoms with Gasteiger partial charge in [0.2, 0.25) is 0 Å². The predicted octanol–water partition coefficient (Wildman–Crippen LogP) is 3.89. The molecule has 0 spiro atoms.